The van der Waals surface area contributed by atoms with Crippen molar-refractivity contribution >= 4 is 25.8 Å². The van der Waals surface area contributed by atoms with E-state index in [-0.39, 0.29) is 11.5 Å². The van der Waals surface area contributed by atoms with Crippen LogP contribution < -0.4 is 0 Å². The number of hydrogen-bond acceptors (Lipinski definition) is 2. The van der Waals surface area contributed by atoms with Crippen molar-refractivity contribution in [1.82, 2.24) is 0 Å². The standard InChI is InChI=1S/C11H15BrO2S/c12-8-4-5-9-15(13,14)10-11-6-2-1-3-7-11/h1-3,6-7H,4-5,8-10H2. The van der Waals surface area contributed by atoms with E-state index in [9.17, 15) is 8.42 Å². The van der Waals surface area contributed by atoms with Gasteiger partial charge in [-0.1, -0.05) is 46.3 Å². The smallest absolute Gasteiger partial charge is 0.154 e. The zero-order valence-corrected chi connectivity index (χ0v) is 10.9. The van der Waals surface area contributed by atoms with Crippen molar-refractivity contribution < 1.29 is 8.42 Å². The van der Waals surface area contributed by atoms with Gasteiger partial charge in [0.05, 0.1) is 11.5 Å². The number of halogens is 1. The summed E-state index contributed by atoms with van der Waals surface area (Å²) in [7, 11) is -2.93. The Morgan fingerprint density at radius 3 is 2.33 bits per heavy atom. The van der Waals surface area contributed by atoms with Gasteiger partial charge in [0.25, 0.3) is 0 Å². The van der Waals surface area contributed by atoms with Crippen LogP contribution in [0.5, 0.6) is 0 Å². The van der Waals surface area contributed by atoms with Gasteiger partial charge in [-0.25, -0.2) is 8.42 Å². The third-order valence-corrected chi connectivity index (χ3v) is 4.31. The lowest BCUT2D eigenvalue weighted by Crippen LogP contribution is -2.09. The summed E-state index contributed by atoms with van der Waals surface area (Å²) in [4.78, 5) is 0. The Morgan fingerprint density at radius 1 is 1.07 bits per heavy atom. The van der Waals surface area contributed by atoms with Gasteiger partial charge < -0.3 is 0 Å². The average Bonchev–Trinajstić information content (AvgIpc) is 2.18. The molecule has 0 aliphatic rings. The summed E-state index contributed by atoms with van der Waals surface area (Å²) >= 11 is 3.29. The zero-order valence-electron chi connectivity index (χ0n) is 8.52. The van der Waals surface area contributed by atoms with E-state index in [4.69, 9.17) is 0 Å². The number of rotatable bonds is 6. The molecule has 0 saturated carbocycles. The predicted molar refractivity (Wildman–Crippen MR) is 67.0 cm³/mol. The van der Waals surface area contributed by atoms with Crippen LogP contribution in [-0.2, 0) is 15.6 Å². The second kappa shape index (κ2) is 6.28. The molecule has 1 aromatic carbocycles. The fraction of sp³-hybridized carbons (Fsp3) is 0.455. The van der Waals surface area contributed by atoms with Crippen LogP contribution in [0, 0.1) is 0 Å². The van der Waals surface area contributed by atoms with E-state index < -0.39 is 9.84 Å². The first-order chi connectivity index (χ1) is 7.14. The summed E-state index contributed by atoms with van der Waals surface area (Å²) in [6, 6.07) is 9.32. The Balaban J connectivity index is 2.50. The molecule has 0 aliphatic carbocycles. The van der Waals surface area contributed by atoms with Crippen molar-refractivity contribution in [3.05, 3.63) is 35.9 Å². The molecule has 0 bridgehead atoms. The Labute approximate surface area is 99.7 Å². The zero-order chi connectivity index (χ0) is 11.1. The molecule has 0 saturated heterocycles. The highest BCUT2D eigenvalue weighted by Crippen LogP contribution is 2.08. The molecule has 84 valence electrons. The molecule has 0 heterocycles. The topological polar surface area (TPSA) is 34.1 Å². The fourth-order valence-electron chi connectivity index (χ4n) is 1.32. The first kappa shape index (κ1) is 12.7. The van der Waals surface area contributed by atoms with Gasteiger partial charge in [-0.15, -0.1) is 0 Å². The molecule has 1 aromatic rings. The lowest BCUT2D eigenvalue weighted by Gasteiger charge is -2.03. The van der Waals surface area contributed by atoms with Crippen LogP contribution in [-0.4, -0.2) is 19.5 Å². The highest BCUT2D eigenvalue weighted by atomic mass is 79.9. The molecule has 0 fully saturated rings. The molecule has 4 heteroatoms. The monoisotopic (exact) mass is 290 g/mol. The molecule has 0 spiro atoms. The molecule has 0 aliphatic heterocycles. The van der Waals surface area contributed by atoms with Crippen LogP contribution in [0.3, 0.4) is 0 Å². The quantitative estimate of drug-likeness (QED) is 0.596. The van der Waals surface area contributed by atoms with Gasteiger partial charge >= 0.3 is 0 Å². The summed E-state index contributed by atoms with van der Waals surface area (Å²) in [6.45, 7) is 0. The Hall–Kier alpha value is -0.350. The van der Waals surface area contributed by atoms with Crippen molar-refractivity contribution in [3.63, 3.8) is 0 Å². The molecule has 15 heavy (non-hydrogen) atoms. The lowest BCUT2D eigenvalue weighted by atomic mass is 10.2. The van der Waals surface area contributed by atoms with E-state index in [2.05, 4.69) is 15.9 Å². The number of hydrogen-bond donors (Lipinski definition) is 0. The minimum absolute atomic E-state index is 0.163. The van der Waals surface area contributed by atoms with Gasteiger partial charge in [-0.3, -0.25) is 0 Å². The average molecular weight is 291 g/mol. The van der Waals surface area contributed by atoms with E-state index in [1.54, 1.807) is 0 Å². The van der Waals surface area contributed by atoms with Crippen LogP contribution in [0.1, 0.15) is 18.4 Å². The number of sulfone groups is 1. The molecule has 0 atom stereocenters. The van der Waals surface area contributed by atoms with E-state index >= 15 is 0 Å². The maximum absolute atomic E-state index is 11.7. The van der Waals surface area contributed by atoms with Gasteiger partial charge in [0.15, 0.2) is 9.84 Å². The van der Waals surface area contributed by atoms with Gasteiger partial charge in [-0.05, 0) is 18.4 Å². The van der Waals surface area contributed by atoms with E-state index in [0.29, 0.717) is 0 Å². The predicted octanol–water partition coefficient (Wildman–Crippen LogP) is 2.78. The molecule has 2 nitrogen and oxygen atoms in total. The van der Waals surface area contributed by atoms with Crippen LogP contribution in [0.4, 0.5) is 0 Å². The second-order valence-electron chi connectivity index (χ2n) is 3.47. The first-order valence-electron chi connectivity index (χ1n) is 4.94. The number of alkyl halides is 1. The SMILES string of the molecule is O=S(=O)(CCCCBr)Cc1ccccc1. The maximum atomic E-state index is 11.7. The second-order valence-corrected chi connectivity index (χ2v) is 6.45. The Bertz CT molecular complexity index is 373. The largest absolute Gasteiger partial charge is 0.228 e. The molecular weight excluding hydrogens is 276 g/mol. The summed E-state index contributed by atoms with van der Waals surface area (Å²) in [6.07, 6.45) is 1.65. The van der Waals surface area contributed by atoms with Crippen LogP contribution in [0.15, 0.2) is 30.3 Å². The van der Waals surface area contributed by atoms with Crippen molar-refractivity contribution in [1.29, 1.82) is 0 Å². The fourth-order valence-corrected chi connectivity index (χ4v) is 3.20. The Morgan fingerprint density at radius 2 is 1.73 bits per heavy atom. The van der Waals surface area contributed by atoms with E-state index in [1.165, 1.54) is 0 Å². The van der Waals surface area contributed by atoms with E-state index in [0.717, 1.165) is 23.7 Å². The van der Waals surface area contributed by atoms with Crippen LogP contribution in [0.2, 0.25) is 0 Å². The van der Waals surface area contributed by atoms with Crippen molar-refractivity contribution in [2.45, 2.75) is 18.6 Å². The third-order valence-electron chi connectivity index (χ3n) is 2.07. The van der Waals surface area contributed by atoms with Crippen LogP contribution >= 0.6 is 15.9 Å². The minimum Gasteiger partial charge on any atom is -0.228 e. The summed E-state index contributed by atoms with van der Waals surface area (Å²) in [5.74, 6) is 0.448. The van der Waals surface area contributed by atoms with Gasteiger partial charge in [-0.2, -0.15) is 0 Å². The van der Waals surface area contributed by atoms with Crippen LogP contribution in [0.25, 0.3) is 0 Å². The number of benzene rings is 1. The molecule has 1 rings (SSSR count). The van der Waals surface area contributed by atoms with Gasteiger partial charge in [0.1, 0.15) is 0 Å². The minimum atomic E-state index is -2.93. The molecule has 0 amide bonds. The highest BCUT2D eigenvalue weighted by molar-refractivity contribution is 9.09. The van der Waals surface area contributed by atoms with Crippen molar-refractivity contribution in [3.8, 4) is 0 Å². The summed E-state index contributed by atoms with van der Waals surface area (Å²) in [5, 5.41) is 0.869. The molecule has 0 aromatic heterocycles. The van der Waals surface area contributed by atoms with Gasteiger partial charge in [0.2, 0.25) is 0 Å². The van der Waals surface area contributed by atoms with Crippen molar-refractivity contribution in [2.24, 2.45) is 0 Å². The molecular formula is C11H15BrO2S. The molecule has 0 radical (unpaired) electrons. The maximum Gasteiger partial charge on any atom is 0.154 e. The van der Waals surface area contributed by atoms with Crippen molar-refractivity contribution in [2.75, 3.05) is 11.1 Å². The van der Waals surface area contributed by atoms with E-state index in [1.807, 2.05) is 30.3 Å². The normalized spacial score (nSPS) is 11.5. The highest BCUT2D eigenvalue weighted by Gasteiger charge is 2.10. The third kappa shape index (κ3) is 5.33. The summed E-state index contributed by atoms with van der Waals surface area (Å²) < 4.78 is 23.3. The summed E-state index contributed by atoms with van der Waals surface area (Å²) in [5.41, 5.74) is 0.872. The number of unbranched alkanes of at least 4 members (excludes halogenated alkanes) is 1. The first-order valence-corrected chi connectivity index (χ1v) is 7.89. The van der Waals surface area contributed by atoms with Gasteiger partial charge in [0, 0.05) is 5.33 Å². The lowest BCUT2D eigenvalue weighted by molar-refractivity contribution is 0.592. The Kier molecular flexibility index (Phi) is 5.32. The molecule has 0 N–H and O–H groups in total. The molecule has 0 unspecified atom stereocenters.